The Bertz CT molecular complexity index is 156. The van der Waals surface area contributed by atoms with E-state index in [0.29, 0.717) is 19.1 Å². The zero-order valence-electron chi connectivity index (χ0n) is 7.92. The number of piperidine rings is 1. The number of amides is 1. The average molecular weight is 186 g/mol. The first-order chi connectivity index (χ1) is 6.29. The van der Waals surface area contributed by atoms with Crippen molar-refractivity contribution in [2.75, 3.05) is 19.7 Å². The summed E-state index contributed by atoms with van der Waals surface area (Å²) in [5.74, 6) is -0.245. The van der Waals surface area contributed by atoms with Gasteiger partial charge in [0.05, 0.1) is 6.10 Å². The molecular formula is C9H18N2O2. The zero-order valence-corrected chi connectivity index (χ0v) is 7.92. The fraction of sp³-hybridized carbons (Fsp3) is 0.889. The summed E-state index contributed by atoms with van der Waals surface area (Å²) in [5.41, 5.74) is 5.00. The maximum Gasteiger partial charge on any atom is 0.217 e. The summed E-state index contributed by atoms with van der Waals surface area (Å²) in [5, 5.41) is 3.27. The van der Waals surface area contributed by atoms with Gasteiger partial charge in [0.25, 0.3) is 0 Å². The lowest BCUT2D eigenvalue weighted by Crippen LogP contribution is -2.35. The predicted molar refractivity (Wildman–Crippen MR) is 50.3 cm³/mol. The Morgan fingerprint density at radius 3 is 3.08 bits per heavy atom. The molecule has 1 fully saturated rings. The van der Waals surface area contributed by atoms with Crippen LogP contribution in [0.1, 0.15) is 25.7 Å². The van der Waals surface area contributed by atoms with Crippen molar-refractivity contribution >= 4 is 5.91 Å². The fourth-order valence-corrected chi connectivity index (χ4v) is 1.46. The van der Waals surface area contributed by atoms with E-state index >= 15 is 0 Å². The minimum Gasteiger partial charge on any atom is -0.377 e. The Hall–Kier alpha value is -0.610. The summed E-state index contributed by atoms with van der Waals surface area (Å²) in [6.45, 7) is 2.69. The van der Waals surface area contributed by atoms with Gasteiger partial charge in [-0.2, -0.15) is 0 Å². The molecule has 1 saturated heterocycles. The molecule has 1 aliphatic heterocycles. The van der Waals surface area contributed by atoms with Gasteiger partial charge < -0.3 is 15.8 Å². The zero-order chi connectivity index (χ0) is 9.52. The molecule has 1 aliphatic rings. The van der Waals surface area contributed by atoms with Gasteiger partial charge in [0.15, 0.2) is 0 Å². The Labute approximate surface area is 78.8 Å². The monoisotopic (exact) mass is 186 g/mol. The number of nitrogens with one attached hydrogen (secondary N) is 1. The number of carbonyl (C=O) groups is 1. The van der Waals surface area contributed by atoms with Gasteiger partial charge in [0.2, 0.25) is 5.91 Å². The molecule has 1 heterocycles. The molecule has 76 valence electrons. The van der Waals surface area contributed by atoms with Gasteiger partial charge in [-0.15, -0.1) is 0 Å². The van der Waals surface area contributed by atoms with E-state index < -0.39 is 0 Å². The molecule has 13 heavy (non-hydrogen) atoms. The summed E-state index contributed by atoms with van der Waals surface area (Å²) in [6, 6.07) is 0. The van der Waals surface area contributed by atoms with Crippen LogP contribution in [0, 0.1) is 0 Å². The van der Waals surface area contributed by atoms with Crippen LogP contribution in [0.3, 0.4) is 0 Å². The van der Waals surface area contributed by atoms with Crippen molar-refractivity contribution in [1.29, 1.82) is 0 Å². The van der Waals surface area contributed by atoms with Gasteiger partial charge in [-0.1, -0.05) is 0 Å². The Balaban J connectivity index is 1.95. The largest absolute Gasteiger partial charge is 0.377 e. The third-order valence-corrected chi connectivity index (χ3v) is 2.17. The molecule has 0 aliphatic carbocycles. The quantitative estimate of drug-likeness (QED) is 0.595. The smallest absolute Gasteiger partial charge is 0.217 e. The molecule has 0 spiro atoms. The topological polar surface area (TPSA) is 64.4 Å². The molecule has 0 saturated carbocycles. The summed E-state index contributed by atoms with van der Waals surface area (Å²) >= 11 is 0. The van der Waals surface area contributed by atoms with Crippen molar-refractivity contribution in [3.8, 4) is 0 Å². The van der Waals surface area contributed by atoms with E-state index in [2.05, 4.69) is 5.32 Å². The molecule has 0 aromatic carbocycles. The number of rotatable bonds is 5. The SMILES string of the molecule is NC(=O)CCCOC1CCCNC1. The molecule has 1 unspecified atom stereocenters. The van der Waals surface area contributed by atoms with Crippen molar-refractivity contribution in [3.63, 3.8) is 0 Å². The highest BCUT2D eigenvalue weighted by Crippen LogP contribution is 2.06. The normalized spacial score (nSPS) is 22.9. The minimum absolute atomic E-state index is 0.245. The maximum atomic E-state index is 10.4. The first-order valence-corrected chi connectivity index (χ1v) is 4.89. The number of primary amides is 1. The number of carbonyl (C=O) groups excluding carboxylic acids is 1. The number of hydrogen-bond acceptors (Lipinski definition) is 3. The lowest BCUT2D eigenvalue weighted by Gasteiger charge is -2.22. The van der Waals surface area contributed by atoms with E-state index in [4.69, 9.17) is 10.5 Å². The molecule has 4 nitrogen and oxygen atoms in total. The highest BCUT2D eigenvalue weighted by molar-refractivity contribution is 5.73. The molecule has 0 bridgehead atoms. The molecule has 1 rings (SSSR count). The lowest BCUT2D eigenvalue weighted by molar-refractivity contribution is -0.118. The van der Waals surface area contributed by atoms with Crippen LogP contribution < -0.4 is 11.1 Å². The van der Waals surface area contributed by atoms with Crippen molar-refractivity contribution in [1.82, 2.24) is 5.32 Å². The minimum atomic E-state index is -0.245. The second-order valence-electron chi connectivity index (χ2n) is 3.41. The van der Waals surface area contributed by atoms with Gasteiger partial charge >= 0.3 is 0 Å². The van der Waals surface area contributed by atoms with E-state index in [1.165, 1.54) is 6.42 Å². The fourth-order valence-electron chi connectivity index (χ4n) is 1.46. The Kier molecular flexibility index (Phi) is 4.78. The van der Waals surface area contributed by atoms with Crippen LogP contribution in [0.4, 0.5) is 0 Å². The number of nitrogens with two attached hydrogens (primary N) is 1. The van der Waals surface area contributed by atoms with E-state index in [1.807, 2.05) is 0 Å². The van der Waals surface area contributed by atoms with Crippen LogP contribution in [0.2, 0.25) is 0 Å². The van der Waals surface area contributed by atoms with Crippen LogP contribution in [0.15, 0.2) is 0 Å². The average Bonchev–Trinajstić information content (AvgIpc) is 2.14. The van der Waals surface area contributed by atoms with Crippen molar-refractivity contribution in [3.05, 3.63) is 0 Å². The third kappa shape index (κ3) is 4.85. The van der Waals surface area contributed by atoms with Crippen LogP contribution in [0.25, 0.3) is 0 Å². The summed E-state index contributed by atoms with van der Waals surface area (Å²) in [6.07, 6.45) is 3.82. The summed E-state index contributed by atoms with van der Waals surface area (Å²) in [7, 11) is 0. The lowest BCUT2D eigenvalue weighted by atomic mass is 10.1. The Morgan fingerprint density at radius 2 is 2.46 bits per heavy atom. The van der Waals surface area contributed by atoms with E-state index in [9.17, 15) is 4.79 Å². The predicted octanol–water partition coefficient (Wildman–Crippen LogP) is 0.0205. The highest BCUT2D eigenvalue weighted by Gasteiger charge is 2.12. The van der Waals surface area contributed by atoms with E-state index in [0.717, 1.165) is 25.9 Å². The molecule has 4 heteroatoms. The molecule has 0 aromatic heterocycles. The molecule has 1 atom stereocenters. The van der Waals surface area contributed by atoms with Gasteiger partial charge in [-0.05, 0) is 25.8 Å². The van der Waals surface area contributed by atoms with Crippen LogP contribution in [0.5, 0.6) is 0 Å². The number of hydrogen-bond donors (Lipinski definition) is 2. The number of ether oxygens (including phenoxy) is 1. The highest BCUT2D eigenvalue weighted by atomic mass is 16.5. The first kappa shape index (κ1) is 10.5. The van der Waals surface area contributed by atoms with Gasteiger partial charge in [0, 0.05) is 19.6 Å². The molecule has 0 radical (unpaired) electrons. The standard InChI is InChI=1S/C9H18N2O2/c10-9(12)4-2-6-13-8-3-1-5-11-7-8/h8,11H,1-7H2,(H2,10,12). The van der Waals surface area contributed by atoms with Crippen LogP contribution in [-0.2, 0) is 9.53 Å². The van der Waals surface area contributed by atoms with Crippen LogP contribution >= 0.6 is 0 Å². The Morgan fingerprint density at radius 1 is 1.62 bits per heavy atom. The third-order valence-electron chi connectivity index (χ3n) is 2.17. The molecular weight excluding hydrogens is 168 g/mol. The molecule has 0 aromatic rings. The van der Waals surface area contributed by atoms with Crippen molar-refractivity contribution in [2.45, 2.75) is 31.8 Å². The van der Waals surface area contributed by atoms with E-state index in [-0.39, 0.29) is 5.91 Å². The maximum absolute atomic E-state index is 10.4. The van der Waals surface area contributed by atoms with Crippen molar-refractivity contribution < 1.29 is 9.53 Å². The van der Waals surface area contributed by atoms with Crippen LogP contribution in [-0.4, -0.2) is 31.7 Å². The molecule has 1 amide bonds. The van der Waals surface area contributed by atoms with Crippen molar-refractivity contribution in [2.24, 2.45) is 5.73 Å². The van der Waals surface area contributed by atoms with Gasteiger partial charge in [0.1, 0.15) is 0 Å². The summed E-state index contributed by atoms with van der Waals surface area (Å²) < 4.78 is 5.56. The van der Waals surface area contributed by atoms with Gasteiger partial charge in [-0.25, -0.2) is 0 Å². The van der Waals surface area contributed by atoms with Gasteiger partial charge in [-0.3, -0.25) is 4.79 Å². The molecule has 3 N–H and O–H groups in total. The second kappa shape index (κ2) is 5.94. The second-order valence-corrected chi connectivity index (χ2v) is 3.41. The first-order valence-electron chi connectivity index (χ1n) is 4.89. The van der Waals surface area contributed by atoms with E-state index in [1.54, 1.807) is 0 Å². The summed E-state index contributed by atoms with van der Waals surface area (Å²) in [4.78, 5) is 10.4.